The van der Waals surface area contributed by atoms with Crippen molar-refractivity contribution in [1.29, 1.82) is 0 Å². The average Bonchev–Trinajstić information content (AvgIpc) is 2.45. The number of nitrogens with two attached hydrogens (primary N) is 1. The van der Waals surface area contributed by atoms with Gasteiger partial charge in [0.2, 0.25) is 0 Å². The Bertz CT molecular complexity index is 655. The standard InChI is InChI=1S/C16H16ClNO3/c1-16(18,15(19)20)12-5-3-7-14(9-12)21-10-11-4-2-6-13(17)8-11/h2-9H,10,18H2,1H3,(H,19,20)/t16-/m0/s1. The minimum atomic E-state index is -1.45. The predicted octanol–water partition coefficient (Wildman–Crippen LogP) is 3.18. The van der Waals surface area contributed by atoms with E-state index in [0.717, 1.165) is 5.56 Å². The highest BCUT2D eigenvalue weighted by Crippen LogP contribution is 2.23. The molecule has 4 nitrogen and oxygen atoms in total. The van der Waals surface area contributed by atoms with Gasteiger partial charge >= 0.3 is 5.97 Å². The van der Waals surface area contributed by atoms with E-state index in [9.17, 15) is 4.79 Å². The van der Waals surface area contributed by atoms with Crippen LogP contribution in [0.4, 0.5) is 0 Å². The van der Waals surface area contributed by atoms with Gasteiger partial charge in [-0.3, -0.25) is 0 Å². The van der Waals surface area contributed by atoms with Crippen LogP contribution in [0.3, 0.4) is 0 Å². The van der Waals surface area contributed by atoms with E-state index in [0.29, 0.717) is 22.9 Å². The minimum absolute atomic E-state index is 0.346. The number of carboxylic acids is 1. The molecule has 110 valence electrons. The summed E-state index contributed by atoms with van der Waals surface area (Å²) in [6.45, 7) is 1.80. The first-order valence-corrected chi connectivity index (χ1v) is 6.77. The SMILES string of the molecule is C[C@@](N)(C(=O)O)c1cccc(OCc2cccc(Cl)c2)c1. The fraction of sp³-hybridized carbons (Fsp3) is 0.188. The molecule has 0 bridgehead atoms. The number of rotatable bonds is 5. The van der Waals surface area contributed by atoms with Crippen LogP contribution in [0.15, 0.2) is 48.5 Å². The molecule has 2 aromatic carbocycles. The fourth-order valence-electron chi connectivity index (χ4n) is 1.83. The topological polar surface area (TPSA) is 72.6 Å². The normalized spacial score (nSPS) is 13.5. The zero-order valence-electron chi connectivity index (χ0n) is 11.5. The molecular weight excluding hydrogens is 290 g/mol. The second kappa shape index (κ2) is 6.16. The van der Waals surface area contributed by atoms with E-state index in [-0.39, 0.29) is 0 Å². The summed E-state index contributed by atoms with van der Waals surface area (Å²) >= 11 is 5.91. The first-order valence-electron chi connectivity index (χ1n) is 6.39. The summed E-state index contributed by atoms with van der Waals surface area (Å²) in [4.78, 5) is 11.2. The van der Waals surface area contributed by atoms with E-state index in [1.165, 1.54) is 6.92 Å². The van der Waals surface area contributed by atoms with Gasteiger partial charge in [-0.15, -0.1) is 0 Å². The van der Waals surface area contributed by atoms with Gasteiger partial charge in [-0.1, -0.05) is 35.9 Å². The van der Waals surface area contributed by atoms with E-state index in [1.54, 1.807) is 30.3 Å². The molecule has 0 unspecified atom stereocenters. The Labute approximate surface area is 128 Å². The molecule has 0 radical (unpaired) electrons. The number of ether oxygens (including phenoxy) is 1. The van der Waals surface area contributed by atoms with Gasteiger partial charge in [0.1, 0.15) is 17.9 Å². The van der Waals surface area contributed by atoms with Gasteiger partial charge in [-0.25, -0.2) is 4.79 Å². The summed E-state index contributed by atoms with van der Waals surface area (Å²) in [5, 5.41) is 9.79. The molecule has 0 amide bonds. The Balaban J connectivity index is 2.13. The lowest BCUT2D eigenvalue weighted by Crippen LogP contribution is -2.41. The number of halogens is 1. The minimum Gasteiger partial charge on any atom is -0.489 e. The molecule has 0 aliphatic heterocycles. The van der Waals surface area contributed by atoms with Crippen LogP contribution < -0.4 is 10.5 Å². The van der Waals surface area contributed by atoms with E-state index >= 15 is 0 Å². The monoisotopic (exact) mass is 305 g/mol. The van der Waals surface area contributed by atoms with Crippen LogP contribution in [0.2, 0.25) is 5.02 Å². The number of hydrogen-bond acceptors (Lipinski definition) is 3. The van der Waals surface area contributed by atoms with Gasteiger partial charge in [0.15, 0.2) is 0 Å². The second-order valence-electron chi connectivity index (χ2n) is 4.95. The molecule has 0 saturated heterocycles. The maximum Gasteiger partial charge on any atom is 0.328 e. The number of benzene rings is 2. The maximum absolute atomic E-state index is 11.2. The van der Waals surface area contributed by atoms with E-state index in [4.69, 9.17) is 27.2 Å². The lowest BCUT2D eigenvalue weighted by molar-refractivity contribution is -0.143. The van der Waals surface area contributed by atoms with Crippen LogP contribution in [0.25, 0.3) is 0 Å². The lowest BCUT2D eigenvalue weighted by Gasteiger charge is -2.20. The molecule has 0 aromatic heterocycles. The molecule has 2 rings (SSSR count). The second-order valence-corrected chi connectivity index (χ2v) is 5.39. The Hall–Kier alpha value is -2.04. The number of carboxylic acid groups (broad SMARTS) is 1. The summed E-state index contributed by atoms with van der Waals surface area (Å²) in [7, 11) is 0. The average molecular weight is 306 g/mol. The van der Waals surface area contributed by atoms with Crippen LogP contribution in [-0.2, 0) is 16.9 Å². The molecule has 0 aliphatic rings. The zero-order chi connectivity index (χ0) is 15.5. The summed E-state index contributed by atoms with van der Waals surface area (Å²) in [5.41, 5.74) is 5.77. The Kier molecular flexibility index (Phi) is 4.50. The first kappa shape index (κ1) is 15.4. The van der Waals surface area contributed by atoms with Crippen LogP contribution in [-0.4, -0.2) is 11.1 Å². The van der Waals surface area contributed by atoms with Crippen molar-refractivity contribution in [1.82, 2.24) is 0 Å². The summed E-state index contributed by atoms with van der Waals surface area (Å²) < 4.78 is 5.66. The molecule has 0 fully saturated rings. The van der Waals surface area contributed by atoms with Gasteiger partial charge in [-0.2, -0.15) is 0 Å². The van der Waals surface area contributed by atoms with Gasteiger partial charge < -0.3 is 15.6 Å². The van der Waals surface area contributed by atoms with Crippen LogP contribution in [0.5, 0.6) is 5.75 Å². The van der Waals surface area contributed by atoms with Gasteiger partial charge in [0.05, 0.1) is 0 Å². The van der Waals surface area contributed by atoms with Crippen molar-refractivity contribution in [2.75, 3.05) is 0 Å². The molecule has 2 aromatic rings. The van der Waals surface area contributed by atoms with E-state index in [1.807, 2.05) is 18.2 Å². The largest absolute Gasteiger partial charge is 0.489 e. The summed E-state index contributed by atoms with van der Waals surface area (Å²) in [5.74, 6) is -0.528. The van der Waals surface area contributed by atoms with Gasteiger partial charge in [-0.05, 0) is 42.3 Å². The highest BCUT2D eigenvalue weighted by atomic mass is 35.5. The van der Waals surface area contributed by atoms with Gasteiger partial charge in [0, 0.05) is 5.02 Å². The molecule has 0 saturated carbocycles. The third-order valence-corrected chi connectivity index (χ3v) is 3.41. The molecule has 0 aliphatic carbocycles. The Morgan fingerprint density at radius 3 is 2.67 bits per heavy atom. The van der Waals surface area contributed by atoms with Crippen molar-refractivity contribution < 1.29 is 14.6 Å². The Morgan fingerprint density at radius 2 is 2.00 bits per heavy atom. The molecule has 0 heterocycles. The van der Waals surface area contributed by atoms with Crippen LogP contribution in [0.1, 0.15) is 18.1 Å². The molecular formula is C16H16ClNO3. The quantitative estimate of drug-likeness (QED) is 0.890. The van der Waals surface area contributed by atoms with Crippen molar-refractivity contribution in [3.05, 3.63) is 64.7 Å². The van der Waals surface area contributed by atoms with Crippen molar-refractivity contribution in [2.45, 2.75) is 19.1 Å². The molecule has 1 atom stereocenters. The highest BCUT2D eigenvalue weighted by Gasteiger charge is 2.30. The van der Waals surface area contributed by atoms with Gasteiger partial charge in [0.25, 0.3) is 0 Å². The maximum atomic E-state index is 11.2. The third-order valence-electron chi connectivity index (χ3n) is 3.17. The van der Waals surface area contributed by atoms with Crippen molar-refractivity contribution in [3.63, 3.8) is 0 Å². The molecule has 5 heteroatoms. The van der Waals surface area contributed by atoms with E-state index in [2.05, 4.69) is 0 Å². The predicted molar refractivity (Wildman–Crippen MR) is 81.4 cm³/mol. The Morgan fingerprint density at radius 1 is 1.29 bits per heavy atom. The van der Waals surface area contributed by atoms with Crippen molar-refractivity contribution >= 4 is 17.6 Å². The smallest absolute Gasteiger partial charge is 0.328 e. The lowest BCUT2D eigenvalue weighted by atomic mass is 9.93. The van der Waals surface area contributed by atoms with E-state index < -0.39 is 11.5 Å². The number of aliphatic carboxylic acids is 1. The molecule has 21 heavy (non-hydrogen) atoms. The summed E-state index contributed by atoms with van der Waals surface area (Å²) in [6.07, 6.45) is 0. The number of hydrogen-bond donors (Lipinski definition) is 2. The van der Waals surface area contributed by atoms with Crippen molar-refractivity contribution in [2.24, 2.45) is 5.73 Å². The third kappa shape index (κ3) is 3.74. The van der Waals surface area contributed by atoms with Crippen molar-refractivity contribution in [3.8, 4) is 5.75 Å². The summed E-state index contributed by atoms with van der Waals surface area (Å²) in [6, 6.07) is 14.1. The molecule has 0 spiro atoms. The van der Waals surface area contributed by atoms with Crippen LogP contribution >= 0.6 is 11.6 Å². The number of carbonyl (C=O) groups is 1. The van der Waals surface area contributed by atoms with Crippen LogP contribution in [0, 0.1) is 0 Å². The fourth-order valence-corrected chi connectivity index (χ4v) is 2.04. The molecule has 3 N–H and O–H groups in total. The first-order chi connectivity index (χ1) is 9.89. The zero-order valence-corrected chi connectivity index (χ0v) is 12.3. The highest BCUT2D eigenvalue weighted by molar-refractivity contribution is 6.30.